The third kappa shape index (κ3) is 2.57. The van der Waals surface area contributed by atoms with Gasteiger partial charge in [-0.15, -0.1) is 0 Å². The van der Waals surface area contributed by atoms with Crippen LogP contribution in [-0.2, 0) is 13.5 Å². The number of hydrogen-bond acceptors (Lipinski definition) is 2. The predicted octanol–water partition coefficient (Wildman–Crippen LogP) is 5.88. The van der Waals surface area contributed by atoms with Gasteiger partial charge in [-0.2, -0.15) is 0 Å². The molecule has 3 heterocycles. The minimum absolute atomic E-state index is 0.230. The molecule has 1 aliphatic rings. The quantitative estimate of drug-likeness (QED) is 0.345. The van der Waals surface area contributed by atoms with Crippen LogP contribution in [0.2, 0.25) is 0 Å². The van der Waals surface area contributed by atoms with Crippen LogP contribution in [0.1, 0.15) is 31.9 Å². The minimum Gasteiger partial charge on any atom is -0.456 e. The molecule has 28 heavy (non-hydrogen) atoms. The van der Waals surface area contributed by atoms with Gasteiger partial charge in [0.15, 0.2) is 6.20 Å². The summed E-state index contributed by atoms with van der Waals surface area (Å²) < 4.78 is 8.73. The molecular weight excluding hydrogens is 344 g/mol. The number of aryl methyl sites for hydroxylation is 2. The predicted molar refractivity (Wildman–Crippen MR) is 114 cm³/mol. The van der Waals surface area contributed by atoms with Crippen molar-refractivity contribution in [2.45, 2.75) is 34.1 Å². The zero-order chi connectivity index (χ0) is 19.6. The number of pyridine rings is 2. The third-order valence-corrected chi connectivity index (χ3v) is 5.61. The van der Waals surface area contributed by atoms with E-state index in [0.717, 1.165) is 23.3 Å². The molecule has 0 saturated heterocycles. The van der Waals surface area contributed by atoms with Crippen LogP contribution in [0.25, 0.3) is 32.8 Å². The summed E-state index contributed by atoms with van der Waals surface area (Å²) in [6, 6.07) is 11.0. The third-order valence-electron chi connectivity index (χ3n) is 5.61. The van der Waals surface area contributed by atoms with Gasteiger partial charge in [-0.3, -0.25) is 4.98 Å². The van der Waals surface area contributed by atoms with Crippen LogP contribution in [0.5, 0.6) is 11.5 Å². The average Bonchev–Trinajstić information content (AvgIpc) is 2.62. The van der Waals surface area contributed by atoms with Crippen LogP contribution < -0.4 is 9.30 Å². The maximum Gasteiger partial charge on any atom is 0.228 e. The first-order valence-corrected chi connectivity index (χ1v) is 9.83. The van der Waals surface area contributed by atoms with E-state index in [1.807, 2.05) is 12.4 Å². The van der Waals surface area contributed by atoms with Crippen molar-refractivity contribution in [2.75, 3.05) is 0 Å². The van der Waals surface area contributed by atoms with Crippen LogP contribution in [0.15, 0.2) is 48.9 Å². The van der Waals surface area contributed by atoms with E-state index in [4.69, 9.17) is 4.74 Å². The van der Waals surface area contributed by atoms with E-state index < -0.39 is 0 Å². The molecule has 2 aromatic heterocycles. The van der Waals surface area contributed by atoms with Gasteiger partial charge in [0.1, 0.15) is 18.5 Å². The first-order chi connectivity index (χ1) is 13.3. The normalized spacial score (nSPS) is 12.9. The summed E-state index contributed by atoms with van der Waals surface area (Å²) in [5.41, 5.74) is 5.20. The fourth-order valence-corrected chi connectivity index (χ4v) is 4.51. The molecule has 5 rings (SSSR count). The molecule has 4 aromatic rings. The second-order valence-corrected chi connectivity index (χ2v) is 9.14. The molecule has 0 unspecified atom stereocenters. The van der Waals surface area contributed by atoms with Gasteiger partial charge in [0.25, 0.3) is 0 Å². The molecule has 0 radical (unpaired) electrons. The molecule has 0 saturated carbocycles. The Morgan fingerprint density at radius 3 is 2.64 bits per heavy atom. The van der Waals surface area contributed by atoms with Gasteiger partial charge in [-0.1, -0.05) is 26.8 Å². The van der Waals surface area contributed by atoms with Gasteiger partial charge in [-0.05, 0) is 58.9 Å². The molecule has 0 amide bonds. The molecule has 3 nitrogen and oxygen atoms in total. The summed E-state index contributed by atoms with van der Waals surface area (Å²) in [5, 5.41) is 4.78. The molecule has 1 aliphatic heterocycles. The first-order valence-electron chi connectivity index (χ1n) is 9.83. The van der Waals surface area contributed by atoms with E-state index in [0.29, 0.717) is 0 Å². The molecule has 0 aliphatic carbocycles. The highest BCUT2D eigenvalue weighted by atomic mass is 16.5. The van der Waals surface area contributed by atoms with Gasteiger partial charge in [0.05, 0.1) is 10.9 Å². The van der Waals surface area contributed by atoms with Crippen molar-refractivity contribution in [1.29, 1.82) is 0 Å². The van der Waals surface area contributed by atoms with Gasteiger partial charge in [-0.25, -0.2) is 4.57 Å². The lowest BCUT2D eigenvalue weighted by molar-refractivity contribution is -0.659. The highest BCUT2D eigenvalue weighted by Crippen LogP contribution is 2.48. The number of benzene rings is 2. The first kappa shape index (κ1) is 17.2. The number of rotatable bonds is 1. The monoisotopic (exact) mass is 369 g/mol. The molecule has 0 fully saturated rings. The van der Waals surface area contributed by atoms with Crippen LogP contribution in [0, 0.1) is 12.3 Å². The zero-order valence-corrected chi connectivity index (χ0v) is 17.1. The second kappa shape index (κ2) is 5.78. The highest BCUT2D eigenvalue weighted by Gasteiger charge is 2.30. The van der Waals surface area contributed by atoms with E-state index >= 15 is 0 Å². The Morgan fingerprint density at radius 1 is 1.04 bits per heavy atom. The SMILES string of the molecule is Cc1c2c(cc3cnccc13)Oc1cc(CC(C)(C)C)cc3cc[n+](C)c-2c13. The van der Waals surface area contributed by atoms with Crippen LogP contribution in [0.3, 0.4) is 0 Å². The maximum atomic E-state index is 6.51. The van der Waals surface area contributed by atoms with Crippen LogP contribution >= 0.6 is 0 Å². The standard InChI is InChI=1S/C25H25N2O/c1-15-19-6-8-26-14-18(19)12-21-22(15)24-23-17(7-9-27(24)5)10-16(11-20(23)28-21)13-25(2,3)4/h6-12,14H,13H2,1-5H3/q+1. The van der Waals surface area contributed by atoms with Crippen molar-refractivity contribution in [2.24, 2.45) is 12.5 Å². The van der Waals surface area contributed by atoms with Gasteiger partial charge in [0.2, 0.25) is 5.69 Å². The summed E-state index contributed by atoms with van der Waals surface area (Å²) in [5.74, 6) is 1.87. The Kier molecular flexibility index (Phi) is 3.54. The Morgan fingerprint density at radius 2 is 1.86 bits per heavy atom. The lowest BCUT2D eigenvalue weighted by Crippen LogP contribution is -2.31. The van der Waals surface area contributed by atoms with Crippen molar-refractivity contribution >= 4 is 21.5 Å². The minimum atomic E-state index is 0.230. The zero-order valence-electron chi connectivity index (χ0n) is 17.1. The topological polar surface area (TPSA) is 26.0 Å². The van der Waals surface area contributed by atoms with E-state index in [1.54, 1.807) is 0 Å². The lowest BCUT2D eigenvalue weighted by atomic mass is 9.86. The number of fused-ring (bicyclic) bond motifs is 3. The Labute approximate surface area is 165 Å². The molecule has 140 valence electrons. The maximum absolute atomic E-state index is 6.51. The smallest absolute Gasteiger partial charge is 0.228 e. The van der Waals surface area contributed by atoms with E-state index in [-0.39, 0.29) is 5.41 Å². The fourth-order valence-electron chi connectivity index (χ4n) is 4.51. The summed E-state index contributed by atoms with van der Waals surface area (Å²) in [4.78, 5) is 4.30. The summed E-state index contributed by atoms with van der Waals surface area (Å²) >= 11 is 0. The fraction of sp³-hybridized carbons (Fsp3) is 0.280. The lowest BCUT2D eigenvalue weighted by Gasteiger charge is -2.24. The molecule has 2 aromatic carbocycles. The van der Waals surface area contributed by atoms with Crippen molar-refractivity contribution in [3.63, 3.8) is 0 Å². The molecule has 0 spiro atoms. The molecule has 0 bridgehead atoms. The van der Waals surface area contributed by atoms with Gasteiger partial charge < -0.3 is 4.74 Å². The molecule has 0 atom stereocenters. The molecule has 3 heteroatoms. The average molecular weight is 369 g/mol. The number of hydrogen-bond donors (Lipinski definition) is 0. The second-order valence-electron chi connectivity index (χ2n) is 9.14. The van der Waals surface area contributed by atoms with E-state index in [2.05, 4.69) is 80.8 Å². The summed E-state index contributed by atoms with van der Waals surface area (Å²) in [6.45, 7) is 9.01. The molecular formula is C25H25N2O+. The van der Waals surface area contributed by atoms with Crippen LogP contribution in [-0.4, -0.2) is 4.98 Å². The van der Waals surface area contributed by atoms with E-state index in [9.17, 15) is 0 Å². The van der Waals surface area contributed by atoms with Gasteiger partial charge >= 0.3 is 0 Å². The number of ether oxygens (including phenoxy) is 1. The number of aromatic nitrogens is 2. The Bertz CT molecular complexity index is 1270. The Balaban J connectivity index is 1.85. The largest absolute Gasteiger partial charge is 0.456 e. The van der Waals surface area contributed by atoms with Crippen LogP contribution in [0.4, 0.5) is 0 Å². The van der Waals surface area contributed by atoms with Crippen molar-refractivity contribution in [3.05, 3.63) is 60.0 Å². The van der Waals surface area contributed by atoms with Gasteiger partial charge in [0, 0.05) is 23.8 Å². The van der Waals surface area contributed by atoms with E-state index in [1.165, 1.54) is 38.5 Å². The van der Waals surface area contributed by atoms with Crippen molar-refractivity contribution < 1.29 is 9.30 Å². The molecule has 0 N–H and O–H groups in total. The Hall–Kier alpha value is -2.94. The number of nitrogens with zero attached hydrogens (tertiary/aromatic N) is 2. The van der Waals surface area contributed by atoms with Crippen molar-refractivity contribution in [3.8, 4) is 22.8 Å². The summed E-state index contributed by atoms with van der Waals surface area (Å²) in [7, 11) is 2.12. The van der Waals surface area contributed by atoms with Crippen molar-refractivity contribution in [1.82, 2.24) is 4.98 Å². The summed E-state index contributed by atoms with van der Waals surface area (Å²) in [6.07, 6.45) is 6.95. The highest BCUT2D eigenvalue weighted by molar-refractivity contribution is 6.05.